The van der Waals surface area contributed by atoms with Crippen molar-refractivity contribution >= 4 is 11.9 Å². The molecule has 1 N–H and O–H groups in total. The molecule has 0 bridgehead atoms. The molecule has 1 atom stereocenters. The van der Waals surface area contributed by atoms with E-state index in [0.717, 1.165) is 0 Å². The van der Waals surface area contributed by atoms with Crippen molar-refractivity contribution < 1.29 is 14.3 Å². The number of amides is 1. The Morgan fingerprint density at radius 1 is 1.45 bits per heavy atom. The number of esters is 1. The minimum atomic E-state index is -0.838. The van der Waals surface area contributed by atoms with Gasteiger partial charge in [0.1, 0.15) is 18.1 Å². The molecule has 20 heavy (non-hydrogen) atoms. The Morgan fingerprint density at radius 2 is 2.10 bits per heavy atom. The summed E-state index contributed by atoms with van der Waals surface area (Å²) < 4.78 is 5.01. The number of H-pyrrole nitrogens is 1. The van der Waals surface area contributed by atoms with Crippen molar-refractivity contribution in [3.05, 3.63) is 12.2 Å². The van der Waals surface area contributed by atoms with E-state index in [9.17, 15) is 9.59 Å². The second-order valence-electron chi connectivity index (χ2n) is 5.68. The predicted octanol–water partition coefficient (Wildman–Crippen LogP) is 0.988. The average molecular weight is 282 g/mol. The number of carbonyl (C=O) groups is 2. The van der Waals surface area contributed by atoms with Gasteiger partial charge in [0.25, 0.3) is 0 Å². The van der Waals surface area contributed by atoms with E-state index in [1.807, 2.05) is 20.8 Å². The second kappa shape index (κ2) is 6.49. The highest BCUT2D eigenvalue weighted by Crippen LogP contribution is 2.29. The molecule has 0 saturated carbocycles. The molecule has 0 spiro atoms. The lowest BCUT2D eigenvalue weighted by molar-refractivity contribution is -0.160. The van der Waals surface area contributed by atoms with E-state index in [1.165, 1.54) is 11.2 Å². The number of nitrogens with zero attached hydrogens (tertiary/aromatic N) is 3. The van der Waals surface area contributed by atoms with Crippen molar-refractivity contribution in [2.75, 3.05) is 13.7 Å². The molecule has 7 heteroatoms. The zero-order chi connectivity index (χ0) is 15.3. The van der Waals surface area contributed by atoms with Crippen LogP contribution in [0, 0.1) is 11.3 Å². The maximum absolute atomic E-state index is 12.5. The van der Waals surface area contributed by atoms with Gasteiger partial charge < -0.3 is 9.64 Å². The highest BCUT2D eigenvalue weighted by atomic mass is 16.5. The zero-order valence-corrected chi connectivity index (χ0v) is 12.6. The average Bonchev–Trinajstić information content (AvgIpc) is 2.80. The fraction of sp³-hybridized carbons (Fsp3) is 0.692. The van der Waals surface area contributed by atoms with Gasteiger partial charge in [0, 0.05) is 7.05 Å². The maximum Gasteiger partial charge on any atom is 0.319 e. The molecular weight excluding hydrogens is 260 g/mol. The first-order valence-corrected chi connectivity index (χ1v) is 6.53. The van der Waals surface area contributed by atoms with Crippen molar-refractivity contribution in [3.8, 4) is 0 Å². The summed E-state index contributed by atoms with van der Waals surface area (Å²) in [5.41, 5.74) is -0.515. The number of hydrogen-bond donors (Lipinski definition) is 1. The third-order valence-corrected chi connectivity index (χ3v) is 2.86. The van der Waals surface area contributed by atoms with Gasteiger partial charge in [-0.2, -0.15) is 5.10 Å². The molecule has 7 nitrogen and oxygen atoms in total. The molecule has 0 aliphatic carbocycles. The van der Waals surface area contributed by atoms with Gasteiger partial charge in [-0.3, -0.25) is 14.7 Å². The molecule has 1 aromatic heterocycles. The smallest absolute Gasteiger partial charge is 0.319 e. The van der Waals surface area contributed by atoms with Crippen molar-refractivity contribution in [1.29, 1.82) is 0 Å². The van der Waals surface area contributed by atoms with Gasteiger partial charge in [-0.15, -0.1) is 0 Å². The van der Waals surface area contributed by atoms with Crippen LogP contribution in [0.3, 0.4) is 0 Å². The van der Waals surface area contributed by atoms with Crippen LogP contribution in [0.1, 0.15) is 33.5 Å². The van der Waals surface area contributed by atoms with Gasteiger partial charge in [-0.05, 0) is 12.3 Å². The molecule has 1 unspecified atom stereocenters. The van der Waals surface area contributed by atoms with Gasteiger partial charge in [0.2, 0.25) is 5.91 Å². The molecule has 0 aromatic carbocycles. The Morgan fingerprint density at radius 3 is 2.55 bits per heavy atom. The van der Waals surface area contributed by atoms with Crippen LogP contribution in [0.25, 0.3) is 0 Å². The summed E-state index contributed by atoms with van der Waals surface area (Å²) in [4.78, 5) is 29.9. The van der Waals surface area contributed by atoms with Crippen molar-refractivity contribution in [2.24, 2.45) is 11.3 Å². The van der Waals surface area contributed by atoms with Crippen LogP contribution in [-0.4, -0.2) is 45.6 Å². The van der Waals surface area contributed by atoms with E-state index in [0.29, 0.717) is 5.82 Å². The Hall–Kier alpha value is -1.92. The van der Waals surface area contributed by atoms with E-state index in [1.54, 1.807) is 14.0 Å². The lowest BCUT2D eigenvalue weighted by atomic mass is 9.80. The normalized spacial score (nSPS) is 12.8. The molecule has 0 fully saturated rings. The molecule has 1 heterocycles. The number of aromatic amines is 1. The van der Waals surface area contributed by atoms with Crippen LogP contribution >= 0.6 is 0 Å². The molecule has 1 rings (SSSR count). The van der Waals surface area contributed by atoms with Gasteiger partial charge in [-0.25, -0.2) is 4.98 Å². The van der Waals surface area contributed by atoms with E-state index in [-0.39, 0.29) is 19.1 Å². The highest BCUT2D eigenvalue weighted by Gasteiger charge is 2.40. The number of carbonyl (C=O) groups excluding carboxylic acids is 2. The largest absolute Gasteiger partial charge is 0.465 e. The summed E-state index contributed by atoms with van der Waals surface area (Å²) in [6, 6.07) is 0. The fourth-order valence-electron chi connectivity index (χ4n) is 1.88. The van der Waals surface area contributed by atoms with Crippen LogP contribution in [0.5, 0.6) is 0 Å². The SMILES string of the molecule is CCOC(=O)C(C(=O)N(C)Cc1ncn[nH]1)C(C)(C)C. The molecule has 0 saturated heterocycles. The lowest BCUT2D eigenvalue weighted by Crippen LogP contribution is -2.44. The monoisotopic (exact) mass is 282 g/mol. The summed E-state index contributed by atoms with van der Waals surface area (Å²) in [5.74, 6) is -1.05. The van der Waals surface area contributed by atoms with Crippen LogP contribution in [-0.2, 0) is 20.9 Å². The third-order valence-electron chi connectivity index (χ3n) is 2.86. The number of hydrogen-bond acceptors (Lipinski definition) is 5. The number of aromatic nitrogens is 3. The minimum Gasteiger partial charge on any atom is -0.465 e. The van der Waals surface area contributed by atoms with Crippen LogP contribution in [0.4, 0.5) is 0 Å². The second-order valence-corrected chi connectivity index (χ2v) is 5.68. The van der Waals surface area contributed by atoms with E-state index >= 15 is 0 Å². The molecule has 112 valence electrons. The summed E-state index contributed by atoms with van der Waals surface area (Å²) in [7, 11) is 1.63. The van der Waals surface area contributed by atoms with E-state index < -0.39 is 17.3 Å². The topological polar surface area (TPSA) is 88.2 Å². The summed E-state index contributed by atoms with van der Waals surface area (Å²) in [5, 5.41) is 6.41. The summed E-state index contributed by atoms with van der Waals surface area (Å²) in [6.07, 6.45) is 1.38. The Labute approximate surface area is 118 Å². The lowest BCUT2D eigenvalue weighted by Gasteiger charge is -2.30. The first kappa shape index (κ1) is 16.1. The Kier molecular flexibility index (Phi) is 5.24. The standard InChI is InChI=1S/C13H22N4O3/c1-6-20-12(19)10(13(2,3)4)11(18)17(5)7-9-14-8-15-16-9/h8,10H,6-7H2,1-5H3,(H,14,15,16). The third kappa shape index (κ3) is 4.04. The van der Waals surface area contributed by atoms with Crippen molar-refractivity contribution in [2.45, 2.75) is 34.2 Å². The summed E-state index contributed by atoms with van der Waals surface area (Å²) in [6.45, 7) is 7.77. The molecule has 0 aliphatic rings. The van der Waals surface area contributed by atoms with Crippen LogP contribution in [0.2, 0.25) is 0 Å². The van der Waals surface area contributed by atoms with Crippen LogP contribution in [0.15, 0.2) is 6.33 Å². The molecular formula is C13H22N4O3. The molecule has 0 radical (unpaired) electrons. The first-order valence-electron chi connectivity index (χ1n) is 6.53. The minimum absolute atomic E-state index is 0.254. The molecule has 1 aromatic rings. The predicted molar refractivity (Wildman–Crippen MR) is 72.4 cm³/mol. The fourth-order valence-corrected chi connectivity index (χ4v) is 1.88. The van der Waals surface area contributed by atoms with Crippen molar-refractivity contribution in [3.63, 3.8) is 0 Å². The number of nitrogens with one attached hydrogen (secondary N) is 1. The van der Waals surface area contributed by atoms with Crippen LogP contribution < -0.4 is 0 Å². The van der Waals surface area contributed by atoms with E-state index in [4.69, 9.17) is 4.74 Å². The highest BCUT2D eigenvalue weighted by molar-refractivity contribution is 5.98. The number of ether oxygens (including phenoxy) is 1. The first-order chi connectivity index (χ1) is 9.27. The summed E-state index contributed by atoms with van der Waals surface area (Å²) >= 11 is 0. The van der Waals surface area contributed by atoms with Gasteiger partial charge in [0.05, 0.1) is 13.2 Å². The molecule has 1 amide bonds. The number of rotatable bonds is 5. The van der Waals surface area contributed by atoms with Gasteiger partial charge in [0.15, 0.2) is 0 Å². The Bertz CT molecular complexity index is 451. The van der Waals surface area contributed by atoms with Gasteiger partial charge in [-0.1, -0.05) is 20.8 Å². The maximum atomic E-state index is 12.5. The van der Waals surface area contributed by atoms with Crippen molar-refractivity contribution in [1.82, 2.24) is 20.1 Å². The quantitative estimate of drug-likeness (QED) is 0.642. The van der Waals surface area contributed by atoms with E-state index in [2.05, 4.69) is 15.2 Å². The Balaban J connectivity index is 2.84. The zero-order valence-electron chi connectivity index (χ0n) is 12.6. The van der Waals surface area contributed by atoms with Gasteiger partial charge >= 0.3 is 5.97 Å². The molecule has 0 aliphatic heterocycles.